The van der Waals surface area contributed by atoms with Gasteiger partial charge in [-0.25, -0.2) is 0 Å². The smallest absolute Gasteiger partial charge is 0.0701 e. The van der Waals surface area contributed by atoms with Gasteiger partial charge in [-0.05, 0) is 64.8 Å². The molecule has 1 aromatic heterocycles. The average molecular weight is 301 g/mol. The van der Waals surface area contributed by atoms with Gasteiger partial charge in [0.1, 0.15) is 0 Å². The van der Waals surface area contributed by atoms with Crippen LogP contribution in [0.3, 0.4) is 0 Å². The minimum absolute atomic E-state index is 0.785. The van der Waals surface area contributed by atoms with Gasteiger partial charge in [0.05, 0.1) is 3.79 Å². The Kier molecular flexibility index (Phi) is 3.34. The number of fused-ring (bicyclic) bond motifs is 1. The largest absolute Gasteiger partial charge is 0.315 e. The number of rotatable bonds is 2. The molecule has 1 aromatic rings. The molecule has 16 heavy (non-hydrogen) atoms. The van der Waals surface area contributed by atoms with Crippen LogP contribution in [0.5, 0.6) is 0 Å². The third-order valence-corrected chi connectivity index (χ3v) is 5.35. The van der Waals surface area contributed by atoms with Crippen LogP contribution < -0.4 is 5.32 Å². The molecule has 2 saturated heterocycles. The van der Waals surface area contributed by atoms with Crippen molar-refractivity contribution < 1.29 is 0 Å². The van der Waals surface area contributed by atoms with E-state index in [1.807, 2.05) is 0 Å². The van der Waals surface area contributed by atoms with E-state index in [0.29, 0.717) is 0 Å². The second kappa shape index (κ2) is 4.77. The van der Waals surface area contributed by atoms with Gasteiger partial charge in [-0.1, -0.05) is 0 Å². The highest BCUT2D eigenvalue weighted by atomic mass is 79.9. The average Bonchev–Trinajstić information content (AvgIpc) is 2.87. The fourth-order valence-corrected chi connectivity index (χ4v) is 4.22. The number of piperidine rings is 1. The summed E-state index contributed by atoms with van der Waals surface area (Å²) in [4.78, 5) is 2.67. The Labute approximate surface area is 109 Å². The summed E-state index contributed by atoms with van der Waals surface area (Å²) in [6.07, 6.45) is 2.79. The molecule has 2 aliphatic rings. The van der Waals surface area contributed by atoms with Crippen LogP contribution in [0.1, 0.15) is 18.4 Å². The van der Waals surface area contributed by atoms with Crippen molar-refractivity contribution in [2.24, 2.45) is 5.92 Å². The Balaban J connectivity index is 1.69. The molecule has 3 heterocycles. The second-order valence-corrected chi connectivity index (χ2v) is 7.15. The molecule has 0 aromatic carbocycles. The number of hydrogen-bond acceptors (Lipinski definition) is 3. The molecular formula is C12H17BrN2S. The molecule has 0 aliphatic carbocycles. The number of thiophene rings is 1. The van der Waals surface area contributed by atoms with Crippen LogP contribution >= 0.6 is 27.3 Å². The highest BCUT2D eigenvalue weighted by Gasteiger charge is 2.34. The Hall–Kier alpha value is 0.1000. The van der Waals surface area contributed by atoms with Crippen molar-refractivity contribution >= 4 is 27.3 Å². The molecule has 0 amide bonds. The van der Waals surface area contributed by atoms with Crippen molar-refractivity contribution in [3.63, 3.8) is 0 Å². The zero-order valence-corrected chi connectivity index (χ0v) is 11.7. The molecule has 3 rings (SSSR count). The van der Waals surface area contributed by atoms with Crippen molar-refractivity contribution in [2.45, 2.75) is 25.4 Å². The Morgan fingerprint density at radius 1 is 1.50 bits per heavy atom. The molecule has 88 valence electrons. The normalized spacial score (nSPS) is 30.6. The standard InChI is InChI=1S/C12H17BrN2S/c13-12-4-9(8-16-12)7-15-3-1-2-10-5-14-6-11(10)15/h4,8,10-11,14H,1-3,5-7H2. The highest BCUT2D eigenvalue weighted by molar-refractivity contribution is 9.11. The second-order valence-electron chi connectivity index (χ2n) is 4.86. The Morgan fingerprint density at radius 2 is 2.44 bits per heavy atom. The molecular weight excluding hydrogens is 284 g/mol. The molecule has 2 aliphatic heterocycles. The Morgan fingerprint density at radius 3 is 3.25 bits per heavy atom. The number of halogens is 1. The van der Waals surface area contributed by atoms with E-state index in [9.17, 15) is 0 Å². The van der Waals surface area contributed by atoms with E-state index in [2.05, 4.69) is 37.6 Å². The lowest BCUT2D eigenvalue weighted by Crippen LogP contribution is -2.44. The molecule has 1 N–H and O–H groups in total. The van der Waals surface area contributed by atoms with E-state index in [1.54, 1.807) is 11.3 Å². The van der Waals surface area contributed by atoms with Crippen LogP contribution in [0, 0.1) is 5.92 Å². The first kappa shape index (κ1) is 11.2. The molecule has 0 saturated carbocycles. The monoisotopic (exact) mass is 300 g/mol. The van der Waals surface area contributed by atoms with E-state index in [0.717, 1.165) is 18.5 Å². The quantitative estimate of drug-likeness (QED) is 0.903. The fourth-order valence-electron chi connectivity index (χ4n) is 3.02. The molecule has 2 fully saturated rings. The van der Waals surface area contributed by atoms with Gasteiger partial charge in [0, 0.05) is 19.1 Å². The lowest BCUT2D eigenvalue weighted by atomic mass is 9.92. The van der Waals surface area contributed by atoms with Crippen LogP contribution in [-0.2, 0) is 6.54 Å². The lowest BCUT2D eigenvalue weighted by molar-refractivity contribution is 0.117. The fraction of sp³-hybridized carbons (Fsp3) is 0.667. The lowest BCUT2D eigenvalue weighted by Gasteiger charge is -2.36. The van der Waals surface area contributed by atoms with Gasteiger partial charge < -0.3 is 5.32 Å². The van der Waals surface area contributed by atoms with Gasteiger partial charge in [0.15, 0.2) is 0 Å². The van der Waals surface area contributed by atoms with Crippen LogP contribution in [0.25, 0.3) is 0 Å². The number of hydrogen-bond donors (Lipinski definition) is 1. The molecule has 0 radical (unpaired) electrons. The van der Waals surface area contributed by atoms with E-state index < -0.39 is 0 Å². The number of nitrogens with one attached hydrogen (secondary N) is 1. The van der Waals surface area contributed by atoms with E-state index in [4.69, 9.17) is 0 Å². The van der Waals surface area contributed by atoms with Gasteiger partial charge in [-0.3, -0.25) is 4.90 Å². The zero-order valence-electron chi connectivity index (χ0n) is 9.29. The summed E-state index contributed by atoms with van der Waals surface area (Å²) in [6.45, 7) is 4.83. The van der Waals surface area contributed by atoms with Crippen LogP contribution in [0.4, 0.5) is 0 Å². The summed E-state index contributed by atoms with van der Waals surface area (Å²) < 4.78 is 1.25. The minimum atomic E-state index is 0.785. The predicted molar refractivity (Wildman–Crippen MR) is 71.8 cm³/mol. The first-order chi connectivity index (χ1) is 7.83. The van der Waals surface area contributed by atoms with Crippen molar-refractivity contribution in [2.75, 3.05) is 19.6 Å². The van der Waals surface area contributed by atoms with E-state index >= 15 is 0 Å². The molecule has 4 heteroatoms. The Bertz CT molecular complexity index is 366. The molecule has 2 unspecified atom stereocenters. The number of nitrogens with zero attached hydrogens (tertiary/aromatic N) is 1. The summed E-state index contributed by atoms with van der Waals surface area (Å²) >= 11 is 5.33. The summed E-state index contributed by atoms with van der Waals surface area (Å²) in [7, 11) is 0. The van der Waals surface area contributed by atoms with Crippen molar-refractivity contribution in [1.29, 1.82) is 0 Å². The maximum absolute atomic E-state index is 3.54. The van der Waals surface area contributed by atoms with Gasteiger partial charge in [-0.15, -0.1) is 11.3 Å². The first-order valence-electron chi connectivity index (χ1n) is 6.00. The van der Waals surface area contributed by atoms with Gasteiger partial charge >= 0.3 is 0 Å². The molecule has 2 nitrogen and oxygen atoms in total. The van der Waals surface area contributed by atoms with Crippen LogP contribution in [0.15, 0.2) is 15.2 Å². The maximum atomic E-state index is 3.54. The topological polar surface area (TPSA) is 15.3 Å². The third-order valence-electron chi connectivity index (χ3n) is 3.80. The highest BCUT2D eigenvalue weighted by Crippen LogP contribution is 2.29. The summed E-state index contributed by atoms with van der Waals surface area (Å²) in [5.74, 6) is 0.899. The van der Waals surface area contributed by atoms with Crippen LogP contribution in [0.2, 0.25) is 0 Å². The van der Waals surface area contributed by atoms with E-state index in [1.165, 1.54) is 41.8 Å². The molecule has 0 bridgehead atoms. The van der Waals surface area contributed by atoms with Crippen molar-refractivity contribution in [3.05, 3.63) is 20.8 Å². The van der Waals surface area contributed by atoms with Gasteiger partial charge in [0.2, 0.25) is 0 Å². The molecule has 0 spiro atoms. The van der Waals surface area contributed by atoms with Gasteiger partial charge in [-0.2, -0.15) is 0 Å². The number of likely N-dealkylation sites (tertiary alicyclic amines) is 1. The molecule has 2 atom stereocenters. The van der Waals surface area contributed by atoms with E-state index in [-0.39, 0.29) is 0 Å². The van der Waals surface area contributed by atoms with Crippen LogP contribution in [-0.4, -0.2) is 30.6 Å². The first-order valence-corrected chi connectivity index (χ1v) is 7.68. The summed E-state index contributed by atoms with van der Waals surface area (Å²) in [5.41, 5.74) is 1.46. The van der Waals surface area contributed by atoms with Gasteiger partial charge in [0.25, 0.3) is 0 Å². The summed E-state index contributed by atoms with van der Waals surface area (Å²) in [5, 5.41) is 5.81. The van der Waals surface area contributed by atoms with Crippen molar-refractivity contribution in [1.82, 2.24) is 10.2 Å². The maximum Gasteiger partial charge on any atom is 0.0701 e. The predicted octanol–water partition coefficient (Wildman–Crippen LogP) is 2.69. The summed E-state index contributed by atoms with van der Waals surface area (Å²) in [6, 6.07) is 3.05. The zero-order chi connectivity index (χ0) is 11.0. The van der Waals surface area contributed by atoms with Crippen molar-refractivity contribution in [3.8, 4) is 0 Å². The SMILES string of the molecule is Brc1cc(CN2CCCC3CNCC32)cs1. The third kappa shape index (κ3) is 2.21. The minimum Gasteiger partial charge on any atom is -0.315 e.